The zero-order chi connectivity index (χ0) is 17.4. The minimum atomic E-state index is 0.155. The molecule has 0 amide bonds. The molecule has 0 aliphatic heterocycles. The number of allylic oxidation sites excluding steroid dienone is 1. The van der Waals surface area contributed by atoms with Crippen LogP contribution in [0.5, 0.6) is 0 Å². The second-order valence-electron chi connectivity index (χ2n) is 8.20. The van der Waals surface area contributed by atoms with E-state index in [0.717, 1.165) is 5.92 Å². The van der Waals surface area contributed by atoms with E-state index in [2.05, 4.69) is 57.3 Å². The third-order valence-electron chi connectivity index (χ3n) is 5.78. The van der Waals surface area contributed by atoms with E-state index in [1.54, 1.807) is 0 Å². The van der Waals surface area contributed by atoms with Crippen LogP contribution in [0.3, 0.4) is 0 Å². The van der Waals surface area contributed by atoms with Gasteiger partial charge in [0.1, 0.15) is 0 Å². The summed E-state index contributed by atoms with van der Waals surface area (Å²) in [7, 11) is 0. The number of hydrogen-bond donors (Lipinski definition) is 0. The van der Waals surface area contributed by atoms with Crippen LogP contribution < -0.4 is 0 Å². The molecule has 0 saturated heterocycles. The number of hydrogen-bond acceptors (Lipinski definition) is 0. The summed E-state index contributed by atoms with van der Waals surface area (Å²) in [6, 6.07) is 9.34. The Kier molecular flexibility index (Phi) is 7.38. The Balaban J connectivity index is 2.05. The third kappa shape index (κ3) is 5.12. The van der Waals surface area contributed by atoms with Crippen LogP contribution >= 0.6 is 0 Å². The second-order valence-corrected chi connectivity index (χ2v) is 8.20. The summed E-state index contributed by atoms with van der Waals surface area (Å²) < 4.78 is 0. The smallest absolute Gasteiger partial charge is 0.00621 e. The molecule has 0 spiro atoms. The van der Waals surface area contributed by atoms with Crippen molar-refractivity contribution in [2.75, 3.05) is 0 Å². The molecule has 2 rings (SSSR count). The van der Waals surface area contributed by atoms with Crippen molar-refractivity contribution in [3.8, 4) is 0 Å². The van der Waals surface area contributed by atoms with Gasteiger partial charge in [-0.2, -0.15) is 0 Å². The van der Waals surface area contributed by atoms with Crippen molar-refractivity contribution in [1.29, 1.82) is 0 Å². The van der Waals surface area contributed by atoms with Gasteiger partial charge in [0, 0.05) is 5.57 Å². The molecule has 132 valence electrons. The van der Waals surface area contributed by atoms with E-state index in [1.165, 1.54) is 80.9 Å². The molecule has 1 saturated carbocycles. The Morgan fingerprint density at radius 2 is 1.71 bits per heavy atom. The zero-order valence-electron chi connectivity index (χ0n) is 16.2. The lowest BCUT2D eigenvalue weighted by molar-refractivity contribution is 0.426. The Morgan fingerprint density at radius 3 is 2.29 bits per heavy atom. The van der Waals surface area contributed by atoms with E-state index < -0.39 is 0 Å². The van der Waals surface area contributed by atoms with Crippen LogP contribution in [-0.4, -0.2) is 0 Å². The van der Waals surface area contributed by atoms with Gasteiger partial charge in [-0.25, -0.2) is 0 Å². The van der Waals surface area contributed by atoms with Crippen LogP contribution in [0.4, 0.5) is 0 Å². The fourth-order valence-electron chi connectivity index (χ4n) is 4.21. The molecule has 1 fully saturated rings. The lowest BCUT2D eigenvalue weighted by Crippen LogP contribution is -2.13. The minimum Gasteiger partial charge on any atom is -0.124 e. The van der Waals surface area contributed by atoms with E-state index in [4.69, 9.17) is 0 Å². The molecular weight excluding hydrogens is 288 g/mol. The number of rotatable bonds is 8. The maximum atomic E-state index is 4.00. The van der Waals surface area contributed by atoms with Gasteiger partial charge in [-0.1, -0.05) is 96.6 Å². The first kappa shape index (κ1) is 19.1. The molecule has 0 radical (unpaired) electrons. The maximum absolute atomic E-state index is 4.00. The highest BCUT2D eigenvalue weighted by Gasteiger charge is 2.24. The van der Waals surface area contributed by atoms with E-state index in [9.17, 15) is 0 Å². The summed E-state index contributed by atoms with van der Waals surface area (Å²) >= 11 is 0. The average molecular weight is 325 g/mol. The summed E-state index contributed by atoms with van der Waals surface area (Å²) in [6.45, 7) is 11.0. The van der Waals surface area contributed by atoms with Gasteiger partial charge in [-0.15, -0.1) is 5.73 Å². The second kappa shape index (κ2) is 9.28. The normalized spacial score (nSPS) is 16.0. The predicted octanol–water partition coefficient (Wildman–Crippen LogP) is 7.90. The summed E-state index contributed by atoms with van der Waals surface area (Å²) in [5, 5.41) is 0. The molecule has 0 nitrogen and oxygen atoms in total. The van der Waals surface area contributed by atoms with E-state index in [0.29, 0.717) is 0 Å². The van der Waals surface area contributed by atoms with Gasteiger partial charge in [0.05, 0.1) is 0 Å². The highest BCUT2D eigenvalue weighted by Crippen LogP contribution is 2.39. The lowest BCUT2D eigenvalue weighted by Gasteiger charge is -2.28. The summed E-state index contributed by atoms with van der Waals surface area (Å²) in [4.78, 5) is 0. The van der Waals surface area contributed by atoms with Crippen LogP contribution in [0.1, 0.15) is 102 Å². The van der Waals surface area contributed by atoms with Crippen molar-refractivity contribution >= 4 is 5.57 Å². The summed E-state index contributed by atoms with van der Waals surface area (Å²) in [5.74, 6) is 0.783. The molecule has 0 bridgehead atoms. The van der Waals surface area contributed by atoms with Gasteiger partial charge in [-0.3, -0.25) is 0 Å². The molecule has 1 aromatic rings. The minimum absolute atomic E-state index is 0.155. The topological polar surface area (TPSA) is 0 Å². The molecule has 24 heavy (non-hydrogen) atoms. The largest absolute Gasteiger partial charge is 0.124 e. The van der Waals surface area contributed by atoms with Crippen molar-refractivity contribution in [3.63, 3.8) is 0 Å². The molecule has 0 heteroatoms. The molecule has 1 aliphatic carbocycles. The zero-order valence-corrected chi connectivity index (χ0v) is 16.2. The first-order valence-electron chi connectivity index (χ1n) is 10.1. The molecule has 0 N–H and O–H groups in total. The molecule has 0 unspecified atom stereocenters. The van der Waals surface area contributed by atoms with Gasteiger partial charge in [0.2, 0.25) is 0 Å². The molecule has 1 aromatic carbocycles. The first-order chi connectivity index (χ1) is 11.6. The highest BCUT2D eigenvalue weighted by molar-refractivity contribution is 5.69. The monoisotopic (exact) mass is 324 g/mol. The molecule has 0 heterocycles. The van der Waals surface area contributed by atoms with Gasteiger partial charge in [0.25, 0.3) is 0 Å². The van der Waals surface area contributed by atoms with Gasteiger partial charge in [0.15, 0.2) is 0 Å². The van der Waals surface area contributed by atoms with Crippen LogP contribution in [-0.2, 0) is 0 Å². The Labute approximate surface area is 150 Å². The van der Waals surface area contributed by atoms with Crippen molar-refractivity contribution in [2.24, 2.45) is 5.41 Å². The standard InChI is InChI=1S/C24H36/c1-5-7-8-12-19-24(3,4)23(6-2)22-17-15-21(16-18-22)20-13-10-9-11-14-20/h15-18,20H,2,5,7-14,19H2,1,3-4H3. The lowest BCUT2D eigenvalue weighted by atomic mass is 9.76. The highest BCUT2D eigenvalue weighted by atomic mass is 14.3. The van der Waals surface area contributed by atoms with E-state index in [-0.39, 0.29) is 5.41 Å². The summed E-state index contributed by atoms with van der Waals surface area (Å²) in [6.07, 6.45) is 13.5. The third-order valence-corrected chi connectivity index (χ3v) is 5.78. The molecule has 1 aliphatic rings. The van der Waals surface area contributed by atoms with Crippen LogP contribution in [0.25, 0.3) is 5.57 Å². The Morgan fingerprint density at radius 1 is 1.04 bits per heavy atom. The quantitative estimate of drug-likeness (QED) is 0.337. The van der Waals surface area contributed by atoms with Crippen LogP contribution in [0.2, 0.25) is 0 Å². The molecule has 0 aromatic heterocycles. The van der Waals surface area contributed by atoms with Gasteiger partial charge >= 0.3 is 0 Å². The molecule has 0 atom stereocenters. The van der Waals surface area contributed by atoms with Crippen molar-refractivity contribution < 1.29 is 0 Å². The summed E-state index contributed by atoms with van der Waals surface area (Å²) in [5.41, 5.74) is 7.55. The molecular formula is C24H36. The fraction of sp³-hybridized carbons (Fsp3) is 0.625. The maximum Gasteiger partial charge on any atom is 0.00621 e. The van der Waals surface area contributed by atoms with Crippen molar-refractivity contribution in [2.45, 2.75) is 90.9 Å². The number of benzene rings is 1. The first-order valence-corrected chi connectivity index (χ1v) is 10.1. The van der Waals surface area contributed by atoms with Gasteiger partial charge in [-0.05, 0) is 41.7 Å². The van der Waals surface area contributed by atoms with Crippen molar-refractivity contribution in [1.82, 2.24) is 0 Å². The van der Waals surface area contributed by atoms with E-state index in [1.807, 2.05) is 0 Å². The average Bonchev–Trinajstić information content (AvgIpc) is 2.60. The predicted molar refractivity (Wildman–Crippen MR) is 107 cm³/mol. The van der Waals surface area contributed by atoms with Gasteiger partial charge < -0.3 is 0 Å². The van der Waals surface area contributed by atoms with Crippen LogP contribution in [0, 0.1) is 5.41 Å². The fourth-order valence-corrected chi connectivity index (χ4v) is 4.21. The van der Waals surface area contributed by atoms with Crippen LogP contribution in [0.15, 0.2) is 36.6 Å². The Bertz CT molecular complexity index is 534. The van der Waals surface area contributed by atoms with Crippen molar-refractivity contribution in [3.05, 3.63) is 47.7 Å². The SMILES string of the molecule is C=C=C(c1ccc(C2CCCCC2)cc1)C(C)(C)CCCCCC. The van der Waals surface area contributed by atoms with E-state index >= 15 is 0 Å². The Hall–Kier alpha value is -1.26. The number of unbranched alkanes of at least 4 members (excludes halogenated alkanes) is 3.